The highest BCUT2D eigenvalue weighted by Gasteiger charge is 2.28. The van der Waals surface area contributed by atoms with Gasteiger partial charge in [-0.25, -0.2) is 9.69 Å². The molecule has 2 aromatic carbocycles. The Labute approximate surface area is 201 Å². The van der Waals surface area contributed by atoms with Gasteiger partial charge in [-0.3, -0.25) is 15.0 Å². The van der Waals surface area contributed by atoms with Crippen LogP contribution in [0.15, 0.2) is 58.4 Å². The molecule has 0 aliphatic carbocycles. The van der Waals surface area contributed by atoms with Gasteiger partial charge in [0.1, 0.15) is 5.82 Å². The number of hydrogen-bond acceptors (Lipinski definition) is 8. The summed E-state index contributed by atoms with van der Waals surface area (Å²) in [7, 11) is 0. The summed E-state index contributed by atoms with van der Waals surface area (Å²) in [6, 6.07) is 14.7. The summed E-state index contributed by atoms with van der Waals surface area (Å²) in [4.78, 5) is 29.5. The SMILES string of the molecule is CC(=O)Nn1c(C(c2ccc(/C=N/N)cc2)c2cccc(N)c2)nc(=O)c(NN2CCC2)c1Cl. The molecule has 34 heavy (non-hydrogen) atoms. The first-order valence-corrected chi connectivity index (χ1v) is 11.1. The molecule has 6 N–H and O–H groups in total. The van der Waals surface area contributed by atoms with E-state index in [0.717, 1.165) is 36.2 Å². The van der Waals surface area contributed by atoms with Crippen LogP contribution < -0.4 is 28.0 Å². The van der Waals surface area contributed by atoms with E-state index in [2.05, 4.69) is 20.9 Å². The maximum Gasteiger partial charge on any atom is 0.299 e. The van der Waals surface area contributed by atoms with Crippen molar-refractivity contribution in [2.24, 2.45) is 10.9 Å². The van der Waals surface area contributed by atoms with Crippen molar-refractivity contribution in [3.63, 3.8) is 0 Å². The molecule has 10 nitrogen and oxygen atoms in total. The van der Waals surface area contributed by atoms with Crippen LogP contribution in [0.5, 0.6) is 0 Å². The number of nitrogens with two attached hydrogens (primary N) is 2. The quantitative estimate of drug-likeness (QED) is 0.133. The van der Waals surface area contributed by atoms with Gasteiger partial charge < -0.3 is 17.0 Å². The van der Waals surface area contributed by atoms with Crippen molar-refractivity contribution in [2.75, 3.05) is 29.7 Å². The maximum atomic E-state index is 13.1. The monoisotopic (exact) mass is 480 g/mol. The first kappa shape index (κ1) is 23.3. The van der Waals surface area contributed by atoms with Gasteiger partial charge in [-0.15, -0.1) is 0 Å². The average molecular weight is 481 g/mol. The first-order chi connectivity index (χ1) is 16.4. The molecule has 1 aromatic heterocycles. The molecular formula is C23H25ClN8O2. The minimum Gasteiger partial charge on any atom is -0.399 e. The second-order valence-electron chi connectivity index (χ2n) is 7.94. The second kappa shape index (κ2) is 9.94. The number of nitrogens with zero attached hydrogens (tertiary/aromatic N) is 4. The van der Waals surface area contributed by atoms with E-state index in [1.165, 1.54) is 17.8 Å². The third-order valence-electron chi connectivity index (χ3n) is 5.45. The number of anilines is 2. The molecule has 2 heterocycles. The summed E-state index contributed by atoms with van der Waals surface area (Å²) in [6.07, 6.45) is 2.54. The third kappa shape index (κ3) is 4.87. The minimum atomic E-state index is -0.567. The van der Waals surface area contributed by atoms with Gasteiger partial charge in [0.2, 0.25) is 5.91 Å². The van der Waals surface area contributed by atoms with Crippen molar-refractivity contribution >= 4 is 35.1 Å². The summed E-state index contributed by atoms with van der Waals surface area (Å²) < 4.78 is 1.34. The first-order valence-electron chi connectivity index (χ1n) is 10.7. The number of halogens is 1. The van der Waals surface area contributed by atoms with E-state index in [1.807, 2.05) is 41.4 Å². The largest absolute Gasteiger partial charge is 0.399 e. The lowest BCUT2D eigenvalue weighted by atomic mass is 9.89. The Kier molecular flexibility index (Phi) is 6.80. The van der Waals surface area contributed by atoms with E-state index in [0.29, 0.717) is 5.69 Å². The molecule has 0 spiro atoms. The molecule has 1 atom stereocenters. The van der Waals surface area contributed by atoms with E-state index in [1.54, 1.807) is 12.1 Å². The van der Waals surface area contributed by atoms with Crippen LogP contribution in [0.4, 0.5) is 11.4 Å². The fourth-order valence-corrected chi connectivity index (χ4v) is 3.99. The van der Waals surface area contributed by atoms with Crippen molar-refractivity contribution in [1.82, 2.24) is 14.7 Å². The number of nitrogens with one attached hydrogen (secondary N) is 2. The predicted octanol–water partition coefficient (Wildman–Crippen LogP) is 2.07. The number of hydrazone groups is 1. The van der Waals surface area contributed by atoms with Gasteiger partial charge in [0, 0.05) is 25.7 Å². The zero-order valence-corrected chi connectivity index (χ0v) is 19.3. The number of carbonyl (C=O) groups is 1. The number of aromatic nitrogens is 2. The highest BCUT2D eigenvalue weighted by Crippen LogP contribution is 2.33. The highest BCUT2D eigenvalue weighted by molar-refractivity contribution is 6.32. The van der Waals surface area contributed by atoms with Crippen LogP contribution in [0.2, 0.25) is 5.15 Å². The number of hydrogen-bond donors (Lipinski definition) is 4. The zero-order chi connectivity index (χ0) is 24.2. The maximum absolute atomic E-state index is 13.1. The Morgan fingerprint density at radius 1 is 1.21 bits per heavy atom. The van der Waals surface area contributed by atoms with Crippen LogP contribution >= 0.6 is 11.6 Å². The number of carbonyl (C=O) groups excluding carboxylic acids is 1. The molecule has 1 aliphatic rings. The lowest BCUT2D eigenvalue weighted by molar-refractivity contribution is -0.115. The topological polar surface area (TPSA) is 144 Å². The van der Waals surface area contributed by atoms with Crippen molar-refractivity contribution in [2.45, 2.75) is 19.3 Å². The van der Waals surface area contributed by atoms with Gasteiger partial charge in [-0.2, -0.15) is 10.1 Å². The van der Waals surface area contributed by atoms with E-state index in [9.17, 15) is 9.59 Å². The Bertz CT molecular complexity index is 1290. The van der Waals surface area contributed by atoms with Crippen molar-refractivity contribution < 1.29 is 4.79 Å². The molecule has 4 rings (SSSR count). The molecule has 3 aromatic rings. The van der Waals surface area contributed by atoms with E-state index < -0.39 is 11.5 Å². The zero-order valence-electron chi connectivity index (χ0n) is 18.5. The molecular weight excluding hydrogens is 456 g/mol. The minimum absolute atomic E-state index is 0.0258. The Hall–Kier alpha value is -3.89. The van der Waals surface area contributed by atoms with Crippen molar-refractivity contribution in [3.05, 3.63) is 86.6 Å². The number of benzene rings is 2. The van der Waals surface area contributed by atoms with Gasteiger partial charge in [-0.05, 0) is 35.2 Å². The highest BCUT2D eigenvalue weighted by atomic mass is 35.5. The summed E-state index contributed by atoms with van der Waals surface area (Å²) in [6.45, 7) is 2.92. The summed E-state index contributed by atoms with van der Waals surface area (Å²) in [5.74, 6) is 4.57. The van der Waals surface area contributed by atoms with Crippen molar-refractivity contribution in [1.29, 1.82) is 0 Å². The number of rotatable bonds is 7. The van der Waals surface area contributed by atoms with E-state index in [-0.39, 0.29) is 22.6 Å². The molecule has 1 saturated heterocycles. The molecule has 11 heteroatoms. The van der Waals surface area contributed by atoms with Gasteiger partial charge in [-0.1, -0.05) is 48.0 Å². The van der Waals surface area contributed by atoms with Crippen LogP contribution in [0.3, 0.4) is 0 Å². The van der Waals surface area contributed by atoms with Gasteiger partial charge in [0.25, 0.3) is 5.56 Å². The Morgan fingerprint density at radius 3 is 2.53 bits per heavy atom. The van der Waals surface area contributed by atoms with Crippen LogP contribution in [0.25, 0.3) is 0 Å². The number of hydrazine groups is 1. The molecule has 0 saturated carbocycles. The van der Waals surface area contributed by atoms with Gasteiger partial charge in [0.15, 0.2) is 10.8 Å². The lowest BCUT2D eigenvalue weighted by Crippen LogP contribution is -2.44. The smallest absolute Gasteiger partial charge is 0.299 e. The molecule has 176 valence electrons. The van der Waals surface area contributed by atoms with Crippen LogP contribution in [0.1, 0.15) is 41.8 Å². The summed E-state index contributed by atoms with van der Waals surface area (Å²) >= 11 is 6.67. The van der Waals surface area contributed by atoms with Crippen LogP contribution in [0, 0.1) is 0 Å². The predicted molar refractivity (Wildman–Crippen MR) is 133 cm³/mol. The number of amides is 1. The molecule has 0 bridgehead atoms. The molecule has 1 aliphatic heterocycles. The summed E-state index contributed by atoms with van der Waals surface area (Å²) in [5, 5.41) is 5.43. The summed E-state index contributed by atoms with van der Waals surface area (Å²) in [5.41, 5.74) is 14.3. The normalized spacial score (nSPS) is 14.5. The third-order valence-corrected chi connectivity index (χ3v) is 5.81. The van der Waals surface area contributed by atoms with Gasteiger partial charge >= 0.3 is 0 Å². The van der Waals surface area contributed by atoms with E-state index >= 15 is 0 Å². The lowest BCUT2D eigenvalue weighted by Gasteiger charge is -2.32. The number of nitrogen functional groups attached to an aromatic ring is 1. The van der Waals surface area contributed by atoms with E-state index in [4.69, 9.17) is 23.2 Å². The standard InChI is InChI=1S/C23H25ClN8O2/c1-14(33)29-32-21(24)20(30-31-10-3-11-31)23(34)28-22(32)19(17-4-2-5-18(25)12-17)16-8-6-15(7-9-16)13-27-26/h2,4-9,12-13,19,30H,3,10-11,25-26H2,1H3,(H,29,33)/b27-13+. The molecule has 1 fully saturated rings. The van der Waals surface area contributed by atoms with Crippen LogP contribution in [-0.2, 0) is 4.79 Å². The van der Waals surface area contributed by atoms with Crippen LogP contribution in [-0.4, -0.2) is 39.9 Å². The fourth-order valence-electron chi connectivity index (χ4n) is 3.74. The van der Waals surface area contributed by atoms with Gasteiger partial charge in [0.05, 0.1) is 12.1 Å². The fraction of sp³-hybridized carbons (Fsp3) is 0.217. The molecule has 1 unspecified atom stereocenters. The Morgan fingerprint density at radius 2 is 1.94 bits per heavy atom. The average Bonchev–Trinajstić information content (AvgIpc) is 2.76. The second-order valence-corrected chi connectivity index (χ2v) is 8.30. The van der Waals surface area contributed by atoms with Crippen molar-refractivity contribution in [3.8, 4) is 0 Å². The molecule has 1 amide bonds. The Balaban J connectivity index is 1.92. The molecule has 0 radical (unpaired) electrons.